The normalized spacial score (nSPS) is 12.7. The van der Waals surface area contributed by atoms with Gasteiger partial charge in [0.25, 0.3) is 0 Å². The van der Waals surface area contributed by atoms with Gasteiger partial charge in [0.2, 0.25) is 0 Å². The molecule has 0 aliphatic rings. The van der Waals surface area contributed by atoms with E-state index < -0.39 is 0 Å². The largest absolute Gasteiger partial charge is 0.317 e. The molecule has 1 aromatic carbocycles. The first-order chi connectivity index (χ1) is 9.79. The van der Waals surface area contributed by atoms with Gasteiger partial charge in [-0.2, -0.15) is 0 Å². The van der Waals surface area contributed by atoms with Crippen LogP contribution < -0.4 is 10.6 Å². The third-order valence-electron chi connectivity index (χ3n) is 3.54. The molecule has 2 N–H and O–H groups in total. The number of fused-ring (bicyclic) bond motifs is 1. The molecule has 1 atom stereocenters. The minimum Gasteiger partial charge on any atom is -0.317 e. The first-order valence-corrected chi connectivity index (χ1v) is 7.56. The maximum Gasteiger partial charge on any atom is 0.0346 e. The molecule has 3 heteroatoms. The molecular weight excluding hydrogens is 246 g/mol. The number of nitrogens with zero attached hydrogens (tertiary/aromatic N) is 1. The summed E-state index contributed by atoms with van der Waals surface area (Å²) in [5.74, 6) is 0. The molecule has 0 bridgehead atoms. The highest BCUT2D eigenvalue weighted by atomic mass is 14.9. The summed E-state index contributed by atoms with van der Waals surface area (Å²) < 4.78 is 0. The Morgan fingerprint density at radius 1 is 1.15 bits per heavy atom. The van der Waals surface area contributed by atoms with Gasteiger partial charge in [-0.25, -0.2) is 0 Å². The van der Waals surface area contributed by atoms with Crippen LogP contribution in [0.25, 0.3) is 10.8 Å². The van der Waals surface area contributed by atoms with Crippen molar-refractivity contribution in [2.75, 3.05) is 13.1 Å². The average Bonchev–Trinajstić information content (AvgIpc) is 2.49. The molecular formula is C17H25N3. The maximum atomic E-state index is 4.14. The second kappa shape index (κ2) is 7.98. The van der Waals surface area contributed by atoms with E-state index in [2.05, 4.69) is 53.7 Å². The highest BCUT2D eigenvalue weighted by Crippen LogP contribution is 2.14. The summed E-state index contributed by atoms with van der Waals surface area (Å²) in [5.41, 5.74) is 1.33. The van der Waals surface area contributed by atoms with E-state index in [0.717, 1.165) is 26.1 Å². The molecule has 0 aliphatic carbocycles. The fourth-order valence-electron chi connectivity index (χ4n) is 2.26. The van der Waals surface area contributed by atoms with E-state index in [0.29, 0.717) is 6.04 Å². The lowest BCUT2D eigenvalue weighted by atomic mass is 10.1. The van der Waals surface area contributed by atoms with Crippen molar-refractivity contribution < 1.29 is 0 Å². The standard InChI is InChI=1S/C17H25N3/c1-3-8-18-9-6-14(2)20-12-15-4-5-17-13-19-10-7-16(17)11-15/h4-5,7,10-11,13-14,18,20H,3,6,8-9,12H2,1-2H3/t14-/m1/s1. The highest BCUT2D eigenvalue weighted by Gasteiger charge is 2.02. The predicted molar refractivity (Wildman–Crippen MR) is 85.8 cm³/mol. The molecule has 0 saturated heterocycles. The van der Waals surface area contributed by atoms with Crippen LogP contribution in [-0.4, -0.2) is 24.1 Å². The van der Waals surface area contributed by atoms with Crippen LogP contribution in [-0.2, 0) is 6.54 Å². The zero-order chi connectivity index (χ0) is 14.2. The van der Waals surface area contributed by atoms with E-state index in [9.17, 15) is 0 Å². The van der Waals surface area contributed by atoms with Crippen LogP contribution in [0.1, 0.15) is 32.3 Å². The number of hydrogen-bond acceptors (Lipinski definition) is 3. The molecule has 0 aliphatic heterocycles. The molecule has 108 valence electrons. The number of pyridine rings is 1. The van der Waals surface area contributed by atoms with Crippen LogP contribution in [0.2, 0.25) is 0 Å². The molecule has 1 aromatic heterocycles. The van der Waals surface area contributed by atoms with Crippen LogP contribution in [0.5, 0.6) is 0 Å². The summed E-state index contributed by atoms with van der Waals surface area (Å²) in [6.07, 6.45) is 6.13. The molecule has 3 nitrogen and oxygen atoms in total. The minimum absolute atomic E-state index is 0.535. The van der Waals surface area contributed by atoms with Crippen LogP contribution in [0.15, 0.2) is 36.7 Å². The van der Waals surface area contributed by atoms with Crippen LogP contribution in [0.3, 0.4) is 0 Å². The zero-order valence-electron chi connectivity index (χ0n) is 12.5. The fraction of sp³-hybridized carbons (Fsp3) is 0.471. The molecule has 2 rings (SSSR count). The van der Waals surface area contributed by atoms with Gasteiger partial charge >= 0.3 is 0 Å². The van der Waals surface area contributed by atoms with Gasteiger partial charge in [0, 0.05) is 30.4 Å². The smallest absolute Gasteiger partial charge is 0.0346 e. The van der Waals surface area contributed by atoms with Crippen LogP contribution in [0.4, 0.5) is 0 Å². The van der Waals surface area contributed by atoms with Crippen molar-refractivity contribution in [1.29, 1.82) is 0 Å². The van der Waals surface area contributed by atoms with Crippen molar-refractivity contribution in [2.24, 2.45) is 0 Å². The molecule has 1 heterocycles. The number of rotatable bonds is 8. The van der Waals surface area contributed by atoms with E-state index >= 15 is 0 Å². The van der Waals surface area contributed by atoms with Gasteiger partial charge in [0.15, 0.2) is 0 Å². The quantitative estimate of drug-likeness (QED) is 0.724. The number of hydrogen-bond donors (Lipinski definition) is 2. The van der Waals surface area contributed by atoms with Gasteiger partial charge in [-0.05, 0) is 55.9 Å². The number of benzene rings is 1. The monoisotopic (exact) mass is 271 g/mol. The topological polar surface area (TPSA) is 37.0 Å². The van der Waals surface area contributed by atoms with E-state index in [1.807, 2.05) is 12.4 Å². The van der Waals surface area contributed by atoms with Crippen molar-refractivity contribution >= 4 is 10.8 Å². The van der Waals surface area contributed by atoms with E-state index in [-0.39, 0.29) is 0 Å². The fourth-order valence-corrected chi connectivity index (χ4v) is 2.26. The second-order valence-electron chi connectivity index (χ2n) is 5.38. The average molecular weight is 271 g/mol. The Labute approximate surface area is 121 Å². The highest BCUT2D eigenvalue weighted by molar-refractivity contribution is 5.81. The number of nitrogens with one attached hydrogen (secondary N) is 2. The third kappa shape index (κ3) is 4.58. The van der Waals surface area contributed by atoms with Gasteiger partial charge < -0.3 is 10.6 Å². The Morgan fingerprint density at radius 2 is 2.05 bits per heavy atom. The Kier molecular flexibility index (Phi) is 5.96. The van der Waals surface area contributed by atoms with Crippen molar-refractivity contribution in [1.82, 2.24) is 15.6 Å². The molecule has 0 unspecified atom stereocenters. The van der Waals surface area contributed by atoms with Crippen molar-refractivity contribution in [3.05, 3.63) is 42.2 Å². The Balaban J connectivity index is 1.80. The third-order valence-corrected chi connectivity index (χ3v) is 3.54. The van der Waals surface area contributed by atoms with Gasteiger partial charge in [-0.1, -0.05) is 19.1 Å². The van der Waals surface area contributed by atoms with Crippen LogP contribution >= 0.6 is 0 Å². The maximum absolute atomic E-state index is 4.14. The second-order valence-corrected chi connectivity index (χ2v) is 5.38. The van der Waals surface area contributed by atoms with Crippen molar-refractivity contribution in [3.8, 4) is 0 Å². The first-order valence-electron chi connectivity index (χ1n) is 7.56. The molecule has 20 heavy (non-hydrogen) atoms. The molecule has 0 saturated carbocycles. The van der Waals surface area contributed by atoms with E-state index in [1.165, 1.54) is 22.8 Å². The lowest BCUT2D eigenvalue weighted by Gasteiger charge is -2.14. The van der Waals surface area contributed by atoms with E-state index in [1.54, 1.807) is 0 Å². The molecule has 0 radical (unpaired) electrons. The SMILES string of the molecule is CCCNCC[C@@H](C)NCc1ccc2cnccc2c1. The summed E-state index contributed by atoms with van der Waals surface area (Å²) in [6, 6.07) is 9.17. The van der Waals surface area contributed by atoms with Gasteiger partial charge in [-0.3, -0.25) is 4.98 Å². The zero-order valence-corrected chi connectivity index (χ0v) is 12.5. The Bertz CT molecular complexity index is 524. The van der Waals surface area contributed by atoms with Gasteiger partial charge in [0.05, 0.1) is 0 Å². The first kappa shape index (κ1) is 14.9. The predicted octanol–water partition coefficient (Wildman–Crippen LogP) is 3.10. The lowest BCUT2D eigenvalue weighted by Crippen LogP contribution is -2.29. The molecule has 0 fully saturated rings. The summed E-state index contributed by atoms with van der Waals surface area (Å²) in [6.45, 7) is 7.58. The Morgan fingerprint density at radius 3 is 2.90 bits per heavy atom. The van der Waals surface area contributed by atoms with Crippen molar-refractivity contribution in [3.63, 3.8) is 0 Å². The van der Waals surface area contributed by atoms with Gasteiger partial charge in [0.1, 0.15) is 0 Å². The van der Waals surface area contributed by atoms with Gasteiger partial charge in [-0.15, -0.1) is 0 Å². The molecule has 0 amide bonds. The van der Waals surface area contributed by atoms with E-state index in [4.69, 9.17) is 0 Å². The lowest BCUT2D eigenvalue weighted by molar-refractivity contribution is 0.492. The van der Waals surface area contributed by atoms with Crippen molar-refractivity contribution in [2.45, 2.75) is 39.3 Å². The summed E-state index contributed by atoms with van der Waals surface area (Å²) >= 11 is 0. The molecule has 0 spiro atoms. The van der Waals surface area contributed by atoms with Crippen LogP contribution in [0, 0.1) is 0 Å². The summed E-state index contributed by atoms with van der Waals surface area (Å²) in [4.78, 5) is 4.14. The number of aromatic nitrogens is 1. The molecule has 2 aromatic rings. The summed E-state index contributed by atoms with van der Waals surface area (Å²) in [7, 11) is 0. The Hall–Kier alpha value is -1.45. The minimum atomic E-state index is 0.535. The summed E-state index contributed by atoms with van der Waals surface area (Å²) in [5, 5.41) is 9.49.